The van der Waals surface area contributed by atoms with E-state index < -0.39 is 0 Å². The fraction of sp³-hybridized carbons (Fsp3) is 0.231. The number of piperidine rings is 1. The van der Waals surface area contributed by atoms with Gasteiger partial charge in [-0.25, -0.2) is 4.98 Å². The molecule has 0 spiro atoms. The summed E-state index contributed by atoms with van der Waals surface area (Å²) in [6.07, 6.45) is 6.05. The third-order valence-electron chi connectivity index (χ3n) is 6.11. The lowest BCUT2D eigenvalue weighted by molar-refractivity contribution is 0.460. The molecule has 4 N–H and O–H groups in total. The number of aromatic nitrogens is 2. The van der Waals surface area contributed by atoms with E-state index in [4.69, 9.17) is 4.98 Å². The van der Waals surface area contributed by atoms with Crippen LogP contribution in [-0.4, -0.2) is 29.3 Å². The lowest BCUT2D eigenvalue weighted by Gasteiger charge is -2.23. The second-order valence-corrected chi connectivity index (χ2v) is 9.07. The van der Waals surface area contributed by atoms with Crippen molar-refractivity contribution in [1.82, 2.24) is 15.3 Å². The van der Waals surface area contributed by atoms with Crippen molar-refractivity contribution in [3.8, 4) is 0 Å². The Kier molecular flexibility index (Phi) is 6.32. The van der Waals surface area contributed by atoms with Crippen LogP contribution >= 0.6 is 11.8 Å². The molecule has 2 aromatic heterocycles. The third kappa shape index (κ3) is 4.74. The van der Waals surface area contributed by atoms with Gasteiger partial charge in [0.1, 0.15) is 11.6 Å². The van der Waals surface area contributed by atoms with Crippen molar-refractivity contribution in [2.24, 2.45) is 0 Å². The van der Waals surface area contributed by atoms with Crippen LogP contribution in [0.4, 0.5) is 23.0 Å². The molecule has 0 radical (unpaired) electrons. The fourth-order valence-electron chi connectivity index (χ4n) is 4.39. The largest absolute Gasteiger partial charge is 0.339 e. The van der Waals surface area contributed by atoms with Crippen molar-refractivity contribution in [3.63, 3.8) is 0 Å². The first-order chi connectivity index (χ1) is 16.2. The lowest BCUT2D eigenvalue weighted by atomic mass is 9.90. The predicted octanol–water partition coefficient (Wildman–Crippen LogP) is 5.60. The molecular weight excluding hydrogens is 430 g/mol. The lowest BCUT2D eigenvalue weighted by Crippen LogP contribution is -2.26. The van der Waals surface area contributed by atoms with Gasteiger partial charge in [0.15, 0.2) is 0 Å². The first kappa shape index (κ1) is 21.6. The van der Waals surface area contributed by atoms with E-state index in [-0.39, 0.29) is 5.56 Å². The number of fused-ring (bicyclic) bond motifs is 1. The number of rotatable bonds is 6. The van der Waals surface area contributed by atoms with E-state index in [1.54, 1.807) is 18.0 Å². The minimum absolute atomic E-state index is 0.162. The summed E-state index contributed by atoms with van der Waals surface area (Å²) in [6.45, 7) is 2.14. The molecule has 0 saturated carbocycles. The van der Waals surface area contributed by atoms with E-state index in [9.17, 15) is 4.79 Å². The van der Waals surface area contributed by atoms with Crippen LogP contribution in [0.25, 0.3) is 10.8 Å². The normalized spacial score (nSPS) is 14.3. The van der Waals surface area contributed by atoms with Crippen molar-refractivity contribution < 1.29 is 0 Å². The predicted molar refractivity (Wildman–Crippen MR) is 138 cm³/mol. The molecule has 0 bridgehead atoms. The maximum atomic E-state index is 12.7. The van der Waals surface area contributed by atoms with Crippen molar-refractivity contribution >= 4 is 45.5 Å². The molecule has 1 aliphatic rings. The zero-order valence-electron chi connectivity index (χ0n) is 18.5. The van der Waals surface area contributed by atoms with E-state index >= 15 is 0 Å². The van der Waals surface area contributed by atoms with Gasteiger partial charge in [0, 0.05) is 16.8 Å². The molecule has 5 rings (SSSR count). The summed E-state index contributed by atoms with van der Waals surface area (Å²) in [4.78, 5) is 21.3. The quantitative estimate of drug-likeness (QED) is 0.282. The summed E-state index contributed by atoms with van der Waals surface area (Å²) in [5.41, 5.74) is 3.09. The topological polar surface area (TPSA) is 81.8 Å². The summed E-state index contributed by atoms with van der Waals surface area (Å²) in [6, 6.07) is 20.4. The standard InChI is InChI=1S/C26H27N5OS/c1-33-22-5-3-2-4-21(22)30-23-16-19-12-15-28-26(32)24(19)25(31-23)29-20-8-6-17(7-9-20)18-10-13-27-14-11-18/h2-9,12,15-16,18,27H,10-11,13-14H2,1H3,(H,28,32)(H2,29,30,31). The zero-order chi connectivity index (χ0) is 22.6. The number of H-pyrrole nitrogens is 1. The Balaban J connectivity index is 1.48. The van der Waals surface area contributed by atoms with E-state index in [0.29, 0.717) is 22.9 Å². The van der Waals surface area contributed by atoms with Crippen molar-refractivity contribution in [1.29, 1.82) is 0 Å². The van der Waals surface area contributed by atoms with Crippen LogP contribution in [0.3, 0.4) is 0 Å². The highest BCUT2D eigenvalue weighted by atomic mass is 32.2. The minimum atomic E-state index is -0.162. The molecule has 1 aliphatic heterocycles. The summed E-state index contributed by atoms with van der Waals surface area (Å²) >= 11 is 1.68. The number of benzene rings is 2. The third-order valence-corrected chi connectivity index (χ3v) is 6.90. The highest BCUT2D eigenvalue weighted by Gasteiger charge is 2.15. The zero-order valence-corrected chi connectivity index (χ0v) is 19.3. The number of nitrogens with one attached hydrogen (secondary N) is 4. The molecule has 0 aliphatic carbocycles. The second-order valence-electron chi connectivity index (χ2n) is 8.22. The Morgan fingerprint density at radius 3 is 2.58 bits per heavy atom. The first-order valence-corrected chi connectivity index (χ1v) is 12.4. The molecule has 6 nitrogen and oxygen atoms in total. The summed E-state index contributed by atoms with van der Waals surface area (Å²) in [5, 5.41) is 11.6. The van der Waals surface area contributed by atoms with Crippen LogP contribution in [0.15, 0.2) is 76.6 Å². The van der Waals surface area contributed by atoms with Gasteiger partial charge in [-0.2, -0.15) is 0 Å². The molecular formula is C26H27N5OS. The first-order valence-electron chi connectivity index (χ1n) is 11.2. The van der Waals surface area contributed by atoms with E-state index in [1.807, 2.05) is 36.6 Å². The monoisotopic (exact) mass is 457 g/mol. The Morgan fingerprint density at radius 1 is 1.00 bits per heavy atom. The average molecular weight is 458 g/mol. The molecule has 0 amide bonds. The average Bonchev–Trinajstić information content (AvgIpc) is 2.85. The number of thioether (sulfide) groups is 1. The van der Waals surface area contributed by atoms with Crippen molar-refractivity contribution in [2.75, 3.05) is 30.0 Å². The van der Waals surface area contributed by atoms with Gasteiger partial charge in [-0.15, -0.1) is 11.8 Å². The molecule has 3 heterocycles. The number of hydrogen-bond donors (Lipinski definition) is 4. The van der Waals surface area contributed by atoms with E-state index in [0.717, 1.165) is 34.7 Å². The Hall–Kier alpha value is -3.29. The van der Waals surface area contributed by atoms with Crippen LogP contribution in [0.1, 0.15) is 24.3 Å². The highest BCUT2D eigenvalue weighted by Crippen LogP contribution is 2.31. The van der Waals surface area contributed by atoms with Crippen LogP contribution in [0.5, 0.6) is 0 Å². The molecule has 1 saturated heterocycles. The van der Waals surface area contributed by atoms with Crippen LogP contribution in [0, 0.1) is 0 Å². The van der Waals surface area contributed by atoms with Gasteiger partial charge in [0.05, 0.1) is 11.1 Å². The van der Waals surface area contributed by atoms with Gasteiger partial charge < -0.3 is 20.9 Å². The smallest absolute Gasteiger partial charge is 0.259 e. The minimum Gasteiger partial charge on any atom is -0.339 e. The molecule has 4 aromatic rings. The van der Waals surface area contributed by atoms with Gasteiger partial charge in [-0.3, -0.25) is 4.79 Å². The molecule has 7 heteroatoms. The maximum Gasteiger partial charge on any atom is 0.259 e. The Bertz CT molecular complexity index is 1310. The number of anilines is 4. The molecule has 0 atom stereocenters. The fourth-order valence-corrected chi connectivity index (χ4v) is 4.94. The van der Waals surface area contributed by atoms with Gasteiger partial charge in [0.2, 0.25) is 0 Å². The Labute approximate surface area is 197 Å². The maximum absolute atomic E-state index is 12.7. The molecule has 2 aromatic carbocycles. The Morgan fingerprint density at radius 2 is 1.79 bits per heavy atom. The number of para-hydroxylation sites is 1. The number of hydrogen-bond acceptors (Lipinski definition) is 6. The van der Waals surface area contributed by atoms with E-state index in [2.05, 4.69) is 51.3 Å². The van der Waals surface area contributed by atoms with Gasteiger partial charge >= 0.3 is 0 Å². The van der Waals surface area contributed by atoms with Gasteiger partial charge in [0.25, 0.3) is 5.56 Å². The van der Waals surface area contributed by atoms with Crippen molar-refractivity contribution in [3.05, 3.63) is 82.8 Å². The van der Waals surface area contributed by atoms with Gasteiger partial charge in [-0.05, 0) is 85.5 Å². The second kappa shape index (κ2) is 9.68. The highest BCUT2D eigenvalue weighted by molar-refractivity contribution is 7.98. The molecule has 1 fully saturated rings. The summed E-state index contributed by atoms with van der Waals surface area (Å²) in [7, 11) is 0. The van der Waals surface area contributed by atoms with Crippen LogP contribution < -0.4 is 21.5 Å². The summed E-state index contributed by atoms with van der Waals surface area (Å²) in [5.74, 6) is 1.82. The number of nitrogens with zero attached hydrogens (tertiary/aromatic N) is 1. The SMILES string of the molecule is CSc1ccccc1Nc1cc2cc[nH]c(=O)c2c(Nc2ccc(C3CCNCC3)cc2)n1. The molecule has 33 heavy (non-hydrogen) atoms. The summed E-state index contributed by atoms with van der Waals surface area (Å²) < 4.78 is 0. The van der Waals surface area contributed by atoms with Gasteiger partial charge in [-0.1, -0.05) is 24.3 Å². The van der Waals surface area contributed by atoms with Crippen LogP contribution in [0.2, 0.25) is 0 Å². The molecule has 0 unspecified atom stereocenters. The number of pyridine rings is 2. The number of aromatic amines is 1. The van der Waals surface area contributed by atoms with Crippen molar-refractivity contribution in [2.45, 2.75) is 23.7 Å². The van der Waals surface area contributed by atoms with Crippen LogP contribution in [-0.2, 0) is 0 Å². The molecule has 168 valence electrons. The van der Waals surface area contributed by atoms with E-state index in [1.165, 1.54) is 18.4 Å².